The van der Waals surface area contributed by atoms with Crippen LogP contribution in [0.3, 0.4) is 0 Å². The maximum absolute atomic E-state index is 14.2. The first-order valence-electron chi connectivity index (χ1n) is 8.74. The molecule has 1 atom stereocenters. The van der Waals surface area contributed by atoms with Crippen LogP contribution >= 0.6 is 11.6 Å². The van der Waals surface area contributed by atoms with Gasteiger partial charge in [0.25, 0.3) is 0 Å². The second kappa shape index (κ2) is 7.22. The molecule has 4 rings (SSSR count). The highest BCUT2D eigenvalue weighted by Crippen LogP contribution is 2.38. The van der Waals surface area contributed by atoms with E-state index >= 15 is 0 Å². The van der Waals surface area contributed by atoms with Crippen LogP contribution in [-0.4, -0.2) is 16.2 Å². The molecule has 1 unspecified atom stereocenters. The van der Waals surface area contributed by atoms with E-state index in [1.54, 1.807) is 12.3 Å². The maximum atomic E-state index is 14.2. The molecule has 1 aliphatic rings. The summed E-state index contributed by atoms with van der Waals surface area (Å²) in [6, 6.07) is 12.2. The van der Waals surface area contributed by atoms with Gasteiger partial charge in [-0.05, 0) is 59.5 Å². The first kappa shape index (κ1) is 17.8. The van der Waals surface area contributed by atoms with Crippen molar-refractivity contribution in [1.29, 1.82) is 0 Å². The van der Waals surface area contributed by atoms with Crippen molar-refractivity contribution in [3.05, 3.63) is 88.0 Å². The fourth-order valence-corrected chi connectivity index (χ4v) is 4.01. The number of fused-ring (bicyclic) bond motifs is 1. The van der Waals surface area contributed by atoms with Crippen molar-refractivity contribution in [2.75, 3.05) is 0 Å². The number of carbonyl (C=O) groups excluding carboxylic acids is 1. The number of aryl methyl sites for hydroxylation is 1. The number of rotatable bonds is 4. The van der Waals surface area contributed by atoms with E-state index in [1.165, 1.54) is 12.1 Å². The number of aromatic nitrogens is 1. The number of nitrogens with zero attached hydrogens (tertiary/aromatic N) is 2. The topological polar surface area (TPSA) is 33.2 Å². The lowest BCUT2D eigenvalue weighted by atomic mass is 9.94. The lowest BCUT2D eigenvalue weighted by molar-refractivity contribution is -0.112. The van der Waals surface area contributed by atoms with Crippen molar-refractivity contribution in [3.63, 3.8) is 0 Å². The van der Waals surface area contributed by atoms with Gasteiger partial charge in [-0.15, -0.1) is 0 Å². The van der Waals surface area contributed by atoms with Gasteiger partial charge < -0.3 is 4.79 Å². The van der Waals surface area contributed by atoms with Gasteiger partial charge in [-0.2, -0.15) is 0 Å². The Hall–Kier alpha value is -2.56. The summed E-state index contributed by atoms with van der Waals surface area (Å²) >= 11 is 6.01. The summed E-state index contributed by atoms with van der Waals surface area (Å²) in [5.41, 5.74) is 5.75. The minimum atomic E-state index is -0.388. The van der Waals surface area contributed by atoms with E-state index < -0.39 is 0 Å². The van der Waals surface area contributed by atoms with Crippen LogP contribution in [0.2, 0.25) is 5.02 Å². The number of pyridine rings is 1. The second-order valence-electron chi connectivity index (χ2n) is 6.83. The zero-order valence-corrected chi connectivity index (χ0v) is 15.6. The fraction of sp³-hybridized carbons (Fsp3) is 0.182. The molecule has 2 aromatic carbocycles. The molecular weight excluding hydrogens is 363 g/mol. The third-order valence-electron chi connectivity index (χ3n) is 5.04. The predicted molar refractivity (Wildman–Crippen MR) is 104 cm³/mol. The molecule has 1 aliphatic heterocycles. The molecule has 0 fully saturated rings. The number of aldehydes is 1. The molecule has 0 aliphatic carbocycles. The van der Waals surface area contributed by atoms with Crippen LogP contribution in [0.25, 0.3) is 11.1 Å². The molecule has 0 N–H and O–H groups in total. The molecule has 2 heterocycles. The SMILES string of the molecule is Cc1cc(-c2cccnc2)cc2c1C(C=O)N(Cc1cc(Cl)ccc1F)C2. The molecule has 0 bridgehead atoms. The first-order valence-corrected chi connectivity index (χ1v) is 9.11. The summed E-state index contributed by atoms with van der Waals surface area (Å²) in [5, 5.41) is 0.487. The Morgan fingerprint density at radius 2 is 2.11 bits per heavy atom. The molecule has 27 heavy (non-hydrogen) atoms. The van der Waals surface area contributed by atoms with Gasteiger partial charge in [0, 0.05) is 41.6 Å². The molecular formula is C22H18ClFN2O. The van der Waals surface area contributed by atoms with Crippen LogP contribution in [-0.2, 0) is 17.9 Å². The monoisotopic (exact) mass is 380 g/mol. The standard InChI is InChI=1S/C22H18ClFN2O/c1-14-7-16(15-3-2-6-25-10-15)8-18-12-26(21(13-27)22(14)18)11-17-9-19(23)4-5-20(17)24/h2-10,13,21H,11-12H2,1H3. The predicted octanol–water partition coefficient (Wildman–Crippen LogP) is 5.11. The molecule has 0 amide bonds. The number of hydrogen-bond donors (Lipinski definition) is 0. The number of halogens is 2. The average Bonchev–Trinajstić information content (AvgIpc) is 3.03. The third kappa shape index (κ3) is 3.38. The summed E-state index contributed by atoms with van der Waals surface area (Å²) in [7, 11) is 0. The molecule has 3 nitrogen and oxygen atoms in total. The molecule has 0 spiro atoms. The van der Waals surface area contributed by atoms with Gasteiger partial charge in [0.05, 0.1) is 6.04 Å². The van der Waals surface area contributed by atoms with E-state index in [0.717, 1.165) is 34.1 Å². The van der Waals surface area contributed by atoms with Crippen LogP contribution in [0.15, 0.2) is 54.9 Å². The largest absolute Gasteiger partial charge is 0.301 e. The Morgan fingerprint density at radius 1 is 1.26 bits per heavy atom. The normalized spacial score (nSPS) is 16.3. The van der Waals surface area contributed by atoms with Gasteiger partial charge in [-0.1, -0.05) is 23.7 Å². The molecule has 1 aromatic heterocycles. The number of benzene rings is 2. The highest BCUT2D eigenvalue weighted by Gasteiger charge is 2.32. The van der Waals surface area contributed by atoms with Gasteiger partial charge >= 0.3 is 0 Å². The van der Waals surface area contributed by atoms with Crippen LogP contribution in [0.1, 0.15) is 28.3 Å². The maximum Gasteiger partial charge on any atom is 0.141 e. The smallest absolute Gasteiger partial charge is 0.141 e. The Bertz CT molecular complexity index is 1010. The van der Waals surface area contributed by atoms with E-state index in [-0.39, 0.29) is 11.9 Å². The highest BCUT2D eigenvalue weighted by atomic mass is 35.5. The summed E-state index contributed by atoms with van der Waals surface area (Å²) in [6.07, 6.45) is 4.50. The Morgan fingerprint density at radius 3 is 2.85 bits per heavy atom. The van der Waals surface area contributed by atoms with Gasteiger partial charge in [0.15, 0.2) is 0 Å². The average molecular weight is 381 g/mol. The van der Waals surface area contributed by atoms with Crippen LogP contribution in [0.4, 0.5) is 4.39 Å². The lowest BCUT2D eigenvalue weighted by Crippen LogP contribution is -2.23. The van der Waals surface area contributed by atoms with Crippen LogP contribution < -0.4 is 0 Å². The molecule has 0 saturated carbocycles. The van der Waals surface area contributed by atoms with Crippen molar-refractivity contribution < 1.29 is 9.18 Å². The summed E-state index contributed by atoms with van der Waals surface area (Å²) in [4.78, 5) is 18.0. The van der Waals surface area contributed by atoms with E-state index in [0.29, 0.717) is 23.7 Å². The van der Waals surface area contributed by atoms with E-state index in [9.17, 15) is 9.18 Å². The van der Waals surface area contributed by atoms with Crippen molar-refractivity contribution in [2.45, 2.75) is 26.1 Å². The molecule has 5 heteroatoms. The van der Waals surface area contributed by atoms with Crippen LogP contribution in [0, 0.1) is 12.7 Å². The Balaban J connectivity index is 1.70. The van der Waals surface area contributed by atoms with Gasteiger partial charge in [-0.25, -0.2) is 4.39 Å². The quantitative estimate of drug-likeness (QED) is 0.590. The summed E-state index contributed by atoms with van der Waals surface area (Å²) < 4.78 is 14.2. The number of carbonyl (C=O) groups is 1. The van der Waals surface area contributed by atoms with Gasteiger partial charge in [-0.3, -0.25) is 9.88 Å². The fourth-order valence-electron chi connectivity index (χ4n) is 3.82. The van der Waals surface area contributed by atoms with Crippen molar-refractivity contribution >= 4 is 17.9 Å². The van der Waals surface area contributed by atoms with E-state index in [4.69, 9.17) is 11.6 Å². The van der Waals surface area contributed by atoms with Gasteiger partial charge in [0.2, 0.25) is 0 Å². The molecule has 3 aromatic rings. The third-order valence-corrected chi connectivity index (χ3v) is 5.28. The number of hydrogen-bond acceptors (Lipinski definition) is 3. The minimum Gasteiger partial charge on any atom is -0.301 e. The Labute approximate surface area is 162 Å². The van der Waals surface area contributed by atoms with Crippen molar-refractivity contribution in [3.8, 4) is 11.1 Å². The second-order valence-corrected chi connectivity index (χ2v) is 7.27. The zero-order valence-electron chi connectivity index (χ0n) is 14.8. The van der Waals surface area contributed by atoms with Gasteiger partial charge in [0.1, 0.15) is 12.1 Å². The molecule has 0 saturated heterocycles. The summed E-state index contributed by atoms with van der Waals surface area (Å²) in [6.45, 7) is 2.92. The van der Waals surface area contributed by atoms with E-state index in [1.807, 2.05) is 30.2 Å². The zero-order chi connectivity index (χ0) is 19.0. The molecule has 0 radical (unpaired) electrons. The molecule has 136 valence electrons. The van der Waals surface area contributed by atoms with Crippen molar-refractivity contribution in [1.82, 2.24) is 9.88 Å². The Kier molecular flexibility index (Phi) is 4.77. The lowest BCUT2D eigenvalue weighted by Gasteiger charge is -2.21. The van der Waals surface area contributed by atoms with Crippen molar-refractivity contribution in [2.24, 2.45) is 0 Å². The highest BCUT2D eigenvalue weighted by molar-refractivity contribution is 6.30. The van der Waals surface area contributed by atoms with E-state index in [2.05, 4.69) is 17.1 Å². The minimum absolute atomic E-state index is 0.312. The first-order chi connectivity index (χ1) is 13.1. The van der Waals surface area contributed by atoms with Crippen LogP contribution in [0.5, 0.6) is 0 Å². The summed E-state index contributed by atoms with van der Waals surface area (Å²) in [5.74, 6) is -0.312.